The smallest absolute Gasteiger partial charge is 0.241 e. The predicted molar refractivity (Wildman–Crippen MR) is 74.5 cm³/mol. The minimum atomic E-state index is -3.33. The van der Waals surface area contributed by atoms with Gasteiger partial charge in [-0.25, -0.2) is 13.1 Å². The number of thiophene rings is 1. The summed E-state index contributed by atoms with van der Waals surface area (Å²) in [6, 6.07) is 1.71. The molecule has 0 amide bonds. The molecule has 0 aliphatic carbocycles. The lowest BCUT2D eigenvalue weighted by Gasteiger charge is -2.05. The molecule has 1 aromatic rings. The van der Waals surface area contributed by atoms with Crippen LogP contribution in [-0.2, 0) is 10.0 Å². The number of sulfonamides is 1. The van der Waals surface area contributed by atoms with Crippen molar-refractivity contribution in [3.8, 4) is 0 Å². The molecule has 0 aliphatic heterocycles. The molecule has 1 aromatic heterocycles. The van der Waals surface area contributed by atoms with Crippen LogP contribution in [0.3, 0.4) is 0 Å². The van der Waals surface area contributed by atoms with Gasteiger partial charge in [-0.15, -0.1) is 23.7 Å². The quantitative estimate of drug-likeness (QED) is 0.787. The lowest BCUT2D eigenvalue weighted by molar-refractivity contribution is 0.577. The minimum absolute atomic E-state index is 0. The van der Waals surface area contributed by atoms with Crippen molar-refractivity contribution in [1.29, 1.82) is 0 Å². The Hall–Kier alpha value is -0.140. The van der Waals surface area contributed by atoms with Crippen LogP contribution in [0.2, 0.25) is 0 Å². The van der Waals surface area contributed by atoms with Crippen molar-refractivity contribution in [2.24, 2.45) is 5.73 Å². The summed E-state index contributed by atoms with van der Waals surface area (Å²) in [7, 11) is -3.33. The van der Waals surface area contributed by atoms with Crippen LogP contribution in [-0.4, -0.2) is 21.5 Å². The second kappa shape index (κ2) is 7.33. The van der Waals surface area contributed by atoms with E-state index in [4.69, 9.17) is 5.73 Å². The van der Waals surface area contributed by atoms with Crippen LogP contribution in [0.4, 0.5) is 0 Å². The van der Waals surface area contributed by atoms with Crippen LogP contribution in [0.15, 0.2) is 11.0 Å². The Balaban J connectivity index is 0.00000256. The number of unbranched alkanes of at least 4 members (excludes halogenated alkanes) is 1. The number of aryl methyl sites for hydroxylation is 2. The maximum Gasteiger partial charge on any atom is 0.241 e. The van der Waals surface area contributed by atoms with E-state index in [1.165, 1.54) is 11.3 Å². The summed E-state index contributed by atoms with van der Waals surface area (Å²) in [6.45, 7) is 4.78. The van der Waals surface area contributed by atoms with E-state index in [1.807, 2.05) is 13.8 Å². The van der Waals surface area contributed by atoms with Gasteiger partial charge in [0.15, 0.2) is 0 Å². The van der Waals surface area contributed by atoms with Crippen LogP contribution in [0.5, 0.6) is 0 Å². The fraction of sp³-hybridized carbons (Fsp3) is 0.600. The molecule has 0 saturated heterocycles. The highest BCUT2D eigenvalue weighted by Crippen LogP contribution is 2.24. The first-order valence-corrected chi connectivity index (χ1v) is 7.54. The first-order valence-electron chi connectivity index (χ1n) is 5.24. The molecule has 0 aromatic carbocycles. The molecule has 0 spiro atoms. The van der Waals surface area contributed by atoms with E-state index in [2.05, 4.69) is 4.72 Å². The zero-order chi connectivity index (χ0) is 12.2. The van der Waals surface area contributed by atoms with Crippen molar-refractivity contribution in [2.75, 3.05) is 13.1 Å². The molecule has 0 aliphatic rings. The maximum atomic E-state index is 11.9. The van der Waals surface area contributed by atoms with Gasteiger partial charge in [-0.05, 0) is 39.3 Å². The summed E-state index contributed by atoms with van der Waals surface area (Å²) in [6.07, 6.45) is 1.61. The molecule has 3 N–H and O–H groups in total. The van der Waals surface area contributed by atoms with Gasteiger partial charge >= 0.3 is 0 Å². The average Bonchev–Trinajstić information content (AvgIpc) is 2.53. The van der Waals surface area contributed by atoms with Crippen LogP contribution in [0.25, 0.3) is 0 Å². The van der Waals surface area contributed by atoms with Gasteiger partial charge in [0.25, 0.3) is 0 Å². The second-order valence-corrected chi connectivity index (χ2v) is 6.87. The SMILES string of the molecule is Cc1cc(S(=O)(=O)NCCCCN)c(C)s1.Cl. The molecule has 1 rings (SSSR count). The van der Waals surface area contributed by atoms with Crippen molar-refractivity contribution >= 4 is 33.8 Å². The number of nitrogens with two attached hydrogens (primary N) is 1. The summed E-state index contributed by atoms with van der Waals surface area (Å²) in [5.74, 6) is 0. The van der Waals surface area contributed by atoms with E-state index in [9.17, 15) is 8.42 Å². The Labute approximate surface area is 113 Å². The van der Waals surface area contributed by atoms with Crippen molar-refractivity contribution < 1.29 is 8.42 Å². The molecular formula is C10H19ClN2O2S2. The van der Waals surface area contributed by atoms with Gasteiger partial charge in [0, 0.05) is 16.3 Å². The lowest BCUT2D eigenvalue weighted by Crippen LogP contribution is -2.25. The standard InChI is InChI=1S/C10H18N2O2S2.ClH/c1-8-7-10(9(2)15-8)16(13,14)12-6-4-3-5-11;/h7,12H,3-6,11H2,1-2H3;1H. The van der Waals surface area contributed by atoms with Gasteiger partial charge in [-0.1, -0.05) is 0 Å². The number of hydrogen-bond acceptors (Lipinski definition) is 4. The fourth-order valence-corrected chi connectivity index (χ4v) is 4.05. The molecule has 7 heteroatoms. The third kappa shape index (κ3) is 4.93. The Bertz CT molecular complexity index is 443. The Kier molecular flexibility index (Phi) is 7.27. The molecule has 17 heavy (non-hydrogen) atoms. The molecule has 0 unspecified atom stereocenters. The first kappa shape index (κ1) is 16.9. The third-order valence-corrected chi connectivity index (χ3v) is 4.89. The molecule has 4 nitrogen and oxygen atoms in total. The first-order chi connectivity index (χ1) is 7.47. The summed E-state index contributed by atoms with van der Waals surface area (Å²) < 4.78 is 26.4. The van der Waals surface area contributed by atoms with Gasteiger partial charge in [-0.2, -0.15) is 0 Å². The largest absolute Gasteiger partial charge is 0.330 e. The fourth-order valence-electron chi connectivity index (χ4n) is 1.43. The Morgan fingerprint density at radius 2 is 2.00 bits per heavy atom. The molecule has 0 fully saturated rings. The summed E-state index contributed by atoms with van der Waals surface area (Å²) in [5, 5.41) is 0. The molecular weight excluding hydrogens is 280 g/mol. The third-order valence-electron chi connectivity index (χ3n) is 2.21. The van der Waals surface area contributed by atoms with Gasteiger partial charge in [0.2, 0.25) is 10.0 Å². The Morgan fingerprint density at radius 3 is 2.47 bits per heavy atom. The van der Waals surface area contributed by atoms with E-state index in [0.717, 1.165) is 22.6 Å². The van der Waals surface area contributed by atoms with Crippen LogP contribution < -0.4 is 10.5 Å². The maximum absolute atomic E-state index is 11.9. The molecule has 0 bridgehead atoms. The number of nitrogens with one attached hydrogen (secondary N) is 1. The molecule has 1 heterocycles. The van der Waals surface area contributed by atoms with Crippen LogP contribution in [0.1, 0.15) is 22.6 Å². The second-order valence-electron chi connectivity index (χ2n) is 3.67. The van der Waals surface area contributed by atoms with E-state index in [0.29, 0.717) is 18.0 Å². The zero-order valence-corrected chi connectivity index (χ0v) is 12.5. The molecule has 0 saturated carbocycles. The summed E-state index contributed by atoms with van der Waals surface area (Å²) >= 11 is 1.50. The lowest BCUT2D eigenvalue weighted by atomic mass is 10.3. The van der Waals surface area contributed by atoms with Crippen molar-refractivity contribution in [3.63, 3.8) is 0 Å². The molecule has 100 valence electrons. The molecule has 0 atom stereocenters. The van der Waals surface area contributed by atoms with Gasteiger partial charge in [0.1, 0.15) is 0 Å². The van der Waals surface area contributed by atoms with E-state index >= 15 is 0 Å². The minimum Gasteiger partial charge on any atom is -0.330 e. The van der Waals surface area contributed by atoms with E-state index in [-0.39, 0.29) is 12.4 Å². The zero-order valence-electron chi connectivity index (χ0n) is 10.0. The topological polar surface area (TPSA) is 72.2 Å². The van der Waals surface area contributed by atoms with Crippen LogP contribution in [0, 0.1) is 13.8 Å². The normalized spacial score (nSPS) is 11.2. The highest BCUT2D eigenvalue weighted by molar-refractivity contribution is 7.89. The van der Waals surface area contributed by atoms with E-state index in [1.54, 1.807) is 6.07 Å². The summed E-state index contributed by atoms with van der Waals surface area (Å²) in [5.41, 5.74) is 5.34. The van der Waals surface area contributed by atoms with Gasteiger partial charge < -0.3 is 5.73 Å². The highest BCUT2D eigenvalue weighted by atomic mass is 35.5. The van der Waals surface area contributed by atoms with Crippen LogP contribution >= 0.6 is 23.7 Å². The highest BCUT2D eigenvalue weighted by Gasteiger charge is 2.17. The van der Waals surface area contributed by atoms with Gasteiger partial charge in [-0.3, -0.25) is 0 Å². The van der Waals surface area contributed by atoms with Crippen molar-refractivity contribution in [3.05, 3.63) is 15.8 Å². The number of hydrogen-bond donors (Lipinski definition) is 2. The van der Waals surface area contributed by atoms with Crippen molar-refractivity contribution in [2.45, 2.75) is 31.6 Å². The number of rotatable bonds is 6. The van der Waals surface area contributed by atoms with Gasteiger partial charge in [0.05, 0.1) is 4.90 Å². The van der Waals surface area contributed by atoms with Crippen molar-refractivity contribution in [1.82, 2.24) is 4.72 Å². The number of halogens is 1. The monoisotopic (exact) mass is 298 g/mol. The predicted octanol–water partition coefficient (Wildman–Crippen LogP) is 1.80. The average molecular weight is 299 g/mol. The Morgan fingerprint density at radius 1 is 1.35 bits per heavy atom. The molecule has 0 radical (unpaired) electrons. The summed E-state index contributed by atoms with van der Waals surface area (Å²) in [4.78, 5) is 2.26. The van der Waals surface area contributed by atoms with E-state index < -0.39 is 10.0 Å².